The number of unbranched alkanes of at least 4 members (excludes halogenated alkanes) is 9. The van der Waals surface area contributed by atoms with Gasteiger partial charge in [0.05, 0.1) is 0 Å². The second-order valence-electron chi connectivity index (χ2n) is 8.77. The SMILES string of the molecule is C=CC(=O)OC1CC(CCCCCCCCCCCC)CC(OC(=O)C=C)C1OC(=O)C=C. The molecule has 0 aliphatic heterocycles. The second kappa shape index (κ2) is 17.2. The van der Waals surface area contributed by atoms with Crippen LogP contribution in [0.2, 0.25) is 0 Å². The fourth-order valence-electron chi connectivity index (χ4n) is 4.38. The van der Waals surface area contributed by atoms with Crippen molar-refractivity contribution in [3.05, 3.63) is 38.0 Å². The Kier molecular flexibility index (Phi) is 14.9. The lowest BCUT2D eigenvalue weighted by Gasteiger charge is -2.39. The van der Waals surface area contributed by atoms with Crippen molar-refractivity contribution in [2.75, 3.05) is 0 Å². The number of carbonyl (C=O) groups is 3. The minimum Gasteiger partial charge on any atom is -0.455 e. The van der Waals surface area contributed by atoms with Crippen molar-refractivity contribution in [2.45, 2.75) is 109 Å². The molecule has 0 saturated heterocycles. The molecular weight excluding hydrogens is 420 g/mol. The summed E-state index contributed by atoms with van der Waals surface area (Å²) in [6.07, 6.45) is 15.4. The summed E-state index contributed by atoms with van der Waals surface area (Å²) in [5, 5.41) is 0. The van der Waals surface area contributed by atoms with E-state index in [1.807, 2.05) is 0 Å². The van der Waals surface area contributed by atoms with Gasteiger partial charge in [0.15, 0.2) is 6.10 Å². The predicted octanol–water partition coefficient (Wildman–Crippen LogP) is 6.00. The smallest absolute Gasteiger partial charge is 0.330 e. The molecule has 33 heavy (non-hydrogen) atoms. The number of ether oxygens (including phenoxy) is 3. The standard InChI is InChI=1S/C27H42O6/c1-5-9-10-11-12-13-14-15-16-17-18-21-19-22(31-24(28)6-2)27(33-26(30)8-4)23(20-21)32-25(29)7-3/h6-8,21-23,27H,2-5,9-20H2,1H3. The lowest BCUT2D eigenvalue weighted by Crippen LogP contribution is -2.50. The Balaban J connectivity index is 2.62. The van der Waals surface area contributed by atoms with Crippen LogP contribution >= 0.6 is 0 Å². The molecule has 0 aromatic heterocycles. The fourth-order valence-corrected chi connectivity index (χ4v) is 4.38. The highest BCUT2D eigenvalue weighted by atomic mass is 16.6. The van der Waals surface area contributed by atoms with Gasteiger partial charge < -0.3 is 14.2 Å². The first-order valence-corrected chi connectivity index (χ1v) is 12.4. The summed E-state index contributed by atoms with van der Waals surface area (Å²) in [7, 11) is 0. The highest BCUT2D eigenvalue weighted by Gasteiger charge is 2.44. The molecular formula is C27H42O6. The molecule has 0 aromatic carbocycles. The van der Waals surface area contributed by atoms with E-state index in [9.17, 15) is 14.4 Å². The summed E-state index contributed by atoms with van der Waals surface area (Å²) in [6.45, 7) is 12.5. The maximum atomic E-state index is 11.9. The van der Waals surface area contributed by atoms with E-state index in [0.29, 0.717) is 12.8 Å². The summed E-state index contributed by atoms with van der Waals surface area (Å²) in [5.74, 6) is -1.68. The Morgan fingerprint density at radius 2 is 1.06 bits per heavy atom. The van der Waals surface area contributed by atoms with Gasteiger partial charge in [0.25, 0.3) is 0 Å². The van der Waals surface area contributed by atoms with E-state index in [0.717, 1.165) is 37.5 Å². The van der Waals surface area contributed by atoms with Crippen LogP contribution < -0.4 is 0 Å². The maximum Gasteiger partial charge on any atom is 0.330 e. The van der Waals surface area contributed by atoms with Crippen LogP contribution in [0.25, 0.3) is 0 Å². The lowest BCUT2D eigenvalue weighted by atomic mass is 9.80. The average Bonchev–Trinajstić information content (AvgIpc) is 2.81. The first-order valence-electron chi connectivity index (χ1n) is 12.4. The monoisotopic (exact) mass is 462 g/mol. The van der Waals surface area contributed by atoms with Crippen molar-refractivity contribution in [3.63, 3.8) is 0 Å². The normalized spacial score (nSPS) is 22.1. The molecule has 0 amide bonds. The van der Waals surface area contributed by atoms with Gasteiger partial charge in [-0.3, -0.25) is 0 Å². The van der Waals surface area contributed by atoms with Crippen molar-refractivity contribution < 1.29 is 28.6 Å². The van der Waals surface area contributed by atoms with E-state index < -0.39 is 36.2 Å². The van der Waals surface area contributed by atoms with Gasteiger partial charge in [-0.05, 0) is 18.8 Å². The number of hydrogen-bond acceptors (Lipinski definition) is 6. The third-order valence-electron chi connectivity index (χ3n) is 6.12. The first kappa shape index (κ1) is 28.7. The highest BCUT2D eigenvalue weighted by molar-refractivity contribution is 5.83. The second-order valence-corrected chi connectivity index (χ2v) is 8.77. The van der Waals surface area contributed by atoms with Gasteiger partial charge in [0.2, 0.25) is 0 Å². The Hall–Kier alpha value is -2.37. The Bertz CT molecular complexity index is 609. The van der Waals surface area contributed by atoms with Crippen LogP contribution in [-0.4, -0.2) is 36.2 Å². The summed E-state index contributed by atoms with van der Waals surface area (Å²) in [6, 6.07) is 0. The molecule has 2 atom stereocenters. The molecule has 1 fully saturated rings. The van der Waals surface area contributed by atoms with E-state index in [-0.39, 0.29) is 5.92 Å². The number of rotatable bonds is 17. The Morgan fingerprint density at radius 1 is 0.667 bits per heavy atom. The number of carbonyl (C=O) groups excluding carboxylic acids is 3. The molecule has 0 heterocycles. The van der Waals surface area contributed by atoms with Crippen LogP contribution in [0, 0.1) is 5.92 Å². The molecule has 6 nitrogen and oxygen atoms in total. The molecule has 0 bridgehead atoms. The molecule has 0 spiro atoms. The van der Waals surface area contributed by atoms with E-state index in [4.69, 9.17) is 14.2 Å². The van der Waals surface area contributed by atoms with Crippen molar-refractivity contribution in [1.29, 1.82) is 0 Å². The van der Waals surface area contributed by atoms with Crippen LogP contribution in [0.3, 0.4) is 0 Å². The minimum absolute atomic E-state index is 0.183. The Morgan fingerprint density at radius 3 is 1.48 bits per heavy atom. The molecule has 1 rings (SSSR count). The summed E-state index contributed by atoms with van der Waals surface area (Å²) >= 11 is 0. The fraction of sp³-hybridized carbons (Fsp3) is 0.667. The van der Waals surface area contributed by atoms with Crippen molar-refractivity contribution in [3.8, 4) is 0 Å². The van der Waals surface area contributed by atoms with Crippen LogP contribution in [0.4, 0.5) is 0 Å². The van der Waals surface area contributed by atoms with Gasteiger partial charge in [0.1, 0.15) is 12.2 Å². The number of hydrogen-bond donors (Lipinski definition) is 0. The molecule has 1 saturated carbocycles. The van der Waals surface area contributed by atoms with Crippen LogP contribution in [0.5, 0.6) is 0 Å². The summed E-state index contributed by atoms with van der Waals surface area (Å²) < 4.78 is 16.4. The van der Waals surface area contributed by atoms with Crippen LogP contribution in [-0.2, 0) is 28.6 Å². The minimum atomic E-state index is -0.896. The van der Waals surface area contributed by atoms with Gasteiger partial charge in [-0.25, -0.2) is 14.4 Å². The zero-order valence-corrected chi connectivity index (χ0v) is 20.3. The molecule has 1 aliphatic rings. The first-order chi connectivity index (χ1) is 15.9. The molecule has 2 unspecified atom stereocenters. The van der Waals surface area contributed by atoms with Crippen molar-refractivity contribution in [2.24, 2.45) is 5.92 Å². The highest BCUT2D eigenvalue weighted by Crippen LogP contribution is 2.34. The van der Waals surface area contributed by atoms with Gasteiger partial charge >= 0.3 is 17.9 Å². The predicted molar refractivity (Wildman–Crippen MR) is 129 cm³/mol. The van der Waals surface area contributed by atoms with Crippen molar-refractivity contribution in [1.82, 2.24) is 0 Å². The van der Waals surface area contributed by atoms with Gasteiger partial charge in [-0.15, -0.1) is 0 Å². The molecule has 186 valence electrons. The van der Waals surface area contributed by atoms with E-state index in [1.165, 1.54) is 51.4 Å². The largest absolute Gasteiger partial charge is 0.455 e. The molecule has 1 aliphatic carbocycles. The Labute approximate surface area is 199 Å². The quantitative estimate of drug-likeness (QED) is 0.114. The van der Waals surface area contributed by atoms with E-state index in [2.05, 4.69) is 26.7 Å². The summed E-state index contributed by atoms with van der Waals surface area (Å²) in [4.78, 5) is 35.7. The van der Waals surface area contributed by atoms with Gasteiger partial charge in [-0.2, -0.15) is 0 Å². The van der Waals surface area contributed by atoms with Crippen LogP contribution in [0.1, 0.15) is 90.4 Å². The van der Waals surface area contributed by atoms with E-state index in [1.54, 1.807) is 0 Å². The maximum absolute atomic E-state index is 11.9. The third-order valence-corrected chi connectivity index (χ3v) is 6.12. The average molecular weight is 463 g/mol. The van der Waals surface area contributed by atoms with Crippen LogP contribution in [0.15, 0.2) is 38.0 Å². The summed E-state index contributed by atoms with van der Waals surface area (Å²) in [5.41, 5.74) is 0. The molecule has 0 radical (unpaired) electrons. The van der Waals surface area contributed by atoms with Gasteiger partial charge in [-0.1, -0.05) is 97.3 Å². The lowest BCUT2D eigenvalue weighted by molar-refractivity contribution is -0.189. The van der Waals surface area contributed by atoms with E-state index >= 15 is 0 Å². The van der Waals surface area contributed by atoms with Crippen molar-refractivity contribution >= 4 is 17.9 Å². The zero-order valence-electron chi connectivity index (χ0n) is 20.3. The third kappa shape index (κ3) is 11.9. The number of esters is 3. The molecule has 0 N–H and O–H groups in total. The van der Waals surface area contributed by atoms with Gasteiger partial charge in [0, 0.05) is 18.2 Å². The molecule has 6 heteroatoms. The molecule has 0 aromatic rings. The topological polar surface area (TPSA) is 78.9 Å². The zero-order chi connectivity index (χ0) is 24.5.